The van der Waals surface area contributed by atoms with Crippen LogP contribution in [0.25, 0.3) is 11.3 Å². The number of anilines is 2. The first-order valence-electron chi connectivity index (χ1n) is 7.77. The standard InChI is InChI=1S/C17H14FN5O2/c18-14-8-19-17(21-12-7-20-23(9-12)13-5-6-13)22-15(14)10-1-3-11(4-2-10)16(24)25/h1-4,7-9,13H,5-6H2,(H,24,25)(H,19,21,22). The zero-order valence-corrected chi connectivity index (χ0v) is 13.1. The maximum atomic E-state index is 14.1. The van der Waals surface area contributed by atoms with Crippen molar-refractivity contribution in [1.29, 1.82) is 0 Å². The Bertz CT molecular complexity index is 934. The predicted octanol–water partition coefficient (Wildman–Crippen LogP) is 3.26. The van der Waals surface area contributed by atoms with E-state index in [0.717, 1.165) is 24.7 Å². The van der Waals surface area contributed by atoms with Crippen LogP contribution < -0.4 is 5.32 Å². The van der Waals surface area contributed by atoms with E-state index in [-0.39, 0.29) is 17.2 Å². The minimum Gasteiger partial charge on any atom is -0.478 e. The van der Waals surface area contributed by atoms with Gasteiger partial charge in [-0.05, 0) is 25.0 Å². The number of benzene rings is 1. The van der Waals surface area contributed by atoms with E-state index in [1.807, 2.05) is 10.9 Å². The number of carbonyl (C=O) groups is 1. The molecule has 2 aromatic heterocycles. The summed E-state index contributed by atoms with van der Waals surface area (Å²) in [7, 11) is 0. The number of aromatic carboxylic acids is 1. The molecule has 0 unspecified atom stereocenters. The van der Waals surface area contributed by atoms with Gasteiger partial charge in [0.25, 0.3) is 0 Å². The fraction of sp³-hybridized carbons (Fsp3) is 0.176. The number of hydrogen-bond donors (Lipinski definition) is 2. The second-order valence-electron chi connectivity index (χ2n) is 5.84. The van der Waals surface area contributed by atoms with Crippen LogP contribution in [-0.4, -0.2) is 30.8 Å². The zero-order chi connectivity index (χ0) is 17.4. The summed E-state index contributed by atoms with van der Waals surface area (Å²) in [6.07, 6.45) is 6.88. The molecule has 2 heterocycles. The highest BCUT2D eigenvalue weighted by Crippen LogP contribution is 2.34. The van der Waals surface area contributed by atoms with Gasteiger partial charge in [-0.1, -0.05) is 12.1 Å². The zero-order valence-electron chi connectivity index (χ0n) is 13.1. The number of nitrogens with one attached hydrogen (secondary N) is 1. The van der Waals surface area contributed by atoms with Crippen LogP contribution >= 0.6 is 0 Å². The largest absolute Gasteiger partial charge is 0.478 e. The van der Waals surface area contributed by atoms with Crippen LogP contribution in [-0.2, 0) is 0 Å². The molecule has 0 radical (unpaired) electrons. The first kappa shape index (κ1) is 15.3. The number of rotatable bonds is 5. The van der Waals surface area contributed by atoms with Crippen molar-refractivity contribution in [1.82, 2.24) is 19.7 Å². The third-order valence-corrected chi connectivity index (χ3v) is 3.93. The van der Waals surface area contributed by atoms with Crippen LogP contribution in [0.3, 0.4) is 0 Å². The molecule has 1 saturated carbocycles. The van der Waals surface area contributed by atoms with Crippen LogP contribution in [0, 0.1) is 5.82 Å². The van der Waals surface area contributed by atoms with E-state index in [1.165, 1.54) is 24.3 Å². The number of carboxylic acids is 1. The number of aromatic nitrogens is 4. The maximum Gasteiger partial charge on any atom is 0.335 e. The molecule has 0 aliphatic heterocycles. The summed E-state index contributed by atoms with van der Waals surface area (Å²) < 4.78 is 16.0. The van der Waals surface area contributed by atoms with E-state index in [9.17, 15) is 9.18 Å². The summed E-state index contributed by atoms with van der Waals surface area (Å²) in [6, 6.07) is 6.32. The number of nitrogens with zero attached hydrogens (tertiary/aromatic N) is 4. The molecular formula is C17H14FN5O2. The molecule has 0 saturated heterocycles. The van der Waals surface area contributed by atoms with Gasteiger partial charge in [-0.15, -0.1) is 0 Å². The summed E-state index contributed by atoms with van der Waals surface area (Å²) in [6.45, 7) is 0. The predicted molar refractivity (Wildman–Crippen MR) is 88.2 cm³/mol. The Morgan fingerprint density at radius 2 is 2.00 bits per heavy atom. The molecule has 0 atom stereocenters. The molecule has 8 heteroatoms. The Kier molecular flexibility index (Phi) is 3.64. The second-order valence-corrected chi connectivity index (χ2v) is 5.84. The maximum absolute atomic E-state index is 14.1. The van der Waals surface area contributed by atoms with Crippen molar-refractivity contribution in [2.75, 3.05) is 5.32 Å². The van der Waals surface area contributed by atoms with E-state index in [1.54, 1.807) is 6.20 Å². The van der Waals surface area contributed by atoms with Crippen LogP contribution in [0.15, 0.2) is 42.9 Å². The lowest BCUT2D eigenvalue weighted by molar-refractivity contribution is 0.0697. The van der Waals surface area contributed by atoms with Gasteiger partial charge in [0.15, 0.2) is 5.82 Å². The molecule has 0 amide bonds. The Morgan fingerprint density at radius 3 is 2.68 bits per heavy atom. The quantitative estimate of drug-likeness (QED) is 0.741. The van der Waals surface area contributed by atoms with Gasteiger partial charge in [0.05, 0.1) is 29.7 Å². The molecule has 3 aromatic rings. The van der Waals surface area contributed by atoms with Crippen LogP contribution in [0.1, 0.15) is 29.2 Å². The normalized spacial score (nSPS) is 13.6. The van der Waals surface area contributed by atoms with Gasteiger partial charge in [0.2, 0.25) is 5.95 Å². The smallest absolute Gasteiger partial charge is 0.335 e. The summed E-state index contributed by atoms with van der Waals surface area (Å²) in [5.41, 5.74) is 1.43. The van der Waals surface area contributed by atoms with Crippen molar-refractivity contribution in [2.45, 2.75) is 18.9 Å². The van der Waals surface area contributed by atoms with Gasteiger partial charge in [-0.2, -0.15) is 5.10 Å². The molecule has 1 aliphatic carbocycles. The monoisotopic (exact) mass is 339 g/mol. The minimum absolute atomic E-state index is 0.101. The van der Waals surface area contributed by atoms with Crippen LogP contribution in [0.5, 0.6) is 0 Å². The fourth-order valence-electron chi connectivity index (χ4n) is 2.47. The highest BCUT2D eigenvalue weighted by molar-refractivity contribution is 5.88. The van der Waals surface area contributed by atoms with Crippen molar-refractivity contribution in [3.63, 3.8) is 0 Å². The van der Waals surface area contributed by atoms with Crippen molar-refractivity contribution >= 4 is 17.6 Å². The van der Waals surface area contributed by atoms with Gasteiger partial charge in [-0.25, -0.2) is 19.2 Å². The third kappa shape index (κ3) is 3.18. The number of carboxylic acid groups (broad SMARTS) is 1. The summed E-state index contributed by atoms with van der Waals surface area (Å²) in [5, 5.41) is 16.2. The Balaban J connectivity index is 1.59. The average Bonchev–Trinajstić information content (AvgIpc) is 3.36. The molecule has 1 aliphatic rings. The van der Waals surface area contributed by atoms with Gasteiger partial charge in [0.1, 0.15) is 5.69 Å². The first-order chi connectivity index (χ1) is 12.1. The molecule has 4 rings (SSSR count). The lowest BCUT2D eigenvalue weighted by atomic mass is 10.1. The molecule has 1 aromatic carbocycles. The Hall–Kier alpha value is -3.29. The first-order valence-corrected chi connectivity index (χ1v) is 7.77. The van der Waals surface area contributed by atoms with E-state index in [2.05, 4.69) is 20.4 Å². The van der Waals surface area contributed by atoms with Crippen molar-refractivity contribution < 1.29 is 14.3 Å². The summed E-state index contributed by atoms with van der Waals surface area (Å²) in [5.74, 6) is -1.37. The van der Waals surface area contributed by atoms with E-state index in [4.69, 9.17) is 5.11 Å². The lowest BCUT2D eigenvalue weighted by Gasteiger charge is -2.06. The minimum atomic E-state index is -1.04. The molecule has 7 nitrogen and oxygen atoms in total. The SMILES string of the molecule is O=C(O)c1ccc(-c2nc(Nc3cnn(C4CC4)c3)ncc2F)cc1. The molecule has 25 heavy (non-hydrogen) atoms. The molecule has 0 bridgehead atoms. The molecular weight excluding hydrogens is 325 g/mol. The van der Waals surface area contributed by atoms with Gasteiger partial charge in [0, 0.05) is 11.8 Å². The van der Waals surface area contributed by atoms with Gasteiger partial charge < -0.3 is 10.4 Å². The molecule has 0 spiro atoms. The summed E-state index contributed by atoms with van der Waals surface area (Å²) >= 11 is 0. The lowest BCUT2D eigenvalue weighted by Crippen LogP contribution is -2.01. The number of halogens is 1. The second kappa shape index (κ2) is 5.97. The highest BCUT2D eigenvalue weighted by atomic mass is 19.1. The van der Waals surface area contributed by atoms with Gasteiger partial charge in [-0.3, -0.25) is 4.68 Å². The molecule has 1 fully saturated rings. The van der Waals surface area contributed by atoms with Crippen molar-refractivity contribution in [2.24, 2.45) is 0 Å². The average molecular weight is 339 g/mol. The van der Waals surface area contributed by atoms with Crippen molar-refractivity contribution in [3.05, 3.63) is 54.2 Å². The van der Waals surface area contributed by atoms with E-state index >= 15 is 0 Å². The highest BCUT2D eigenvalue weighted by Gasteiger charge is 2.24. The van der Waals surface area contributed by atoms with Crippen molar-refractivity contribution in [3.8, 4) is 11.3 Å². The summed E-state index contributed by atoms with van der Waals surface area (Å²) in [4.78, 5) is 19.1. The van der Waals surface area contributed by atoms with Crippen LogP contribution in [0.4, 0.5) is 16.0 Å². The fourth-order valence-corrected chi connectivity index (χ4v) is 2.47. The van der Waals surface area contributed by atoms with Crippen LogP contribution in [0.2, 0.25) is 0 Å². The molecule has 126 valence electrons. The molecule has 2 N–H and O–H groups in total. The van der Waals surface area contributed by atoms with E-state index < -0.39 is 11.8 Å². The van der Waals surface area contributed by atoms with Gasteiger partial charge >= 0.3 is 5.97 Å². The third-order valence-electron chi connectivity index (χ3n) is 3.93. The number of hydrogen-bond acceptors (Lipinski definition) is 5. The topological polar surface area (TPSA) is 92.9 Å². The Morgan fingerprint density at radius 1 is 1.24 bits per heavy atom. The Labute approximate surface area is 142 Å². The van der Waals surface area contributed by atoms with E-state index in [0.29, 0.717) is 11.6 Å².